The lowest BCUT2D eigenvalue weighted by Crippen LogP contribution is -2.45. The highest BCUT2D eigenvalue weighted by molar-refractivity contribution is 5.92. The van der Waals surface area contributed by atoms with E-state index in [1.165, 1.54) is 6.42 Å². The second-order valence-corrected chi connectivity index (χ2v) is 5.34. The van der Waals surface area contributed by atoms with E-state index in [1.54, 1.807) is 6.07 Å². The highest BCUT2D eigenvalue weighted by Gasteiger charge is 2.37. The van der Waals surface area contributed by atoms with Crippen LogP contribution in [0.2, 0.25) is 0 Å². The lowest BCUT2D eigenvalue weighted by molar-refractivity contribution is -0.000216. The van der Waals surface area contributed by atoms with E-state index in [9.17, 15) is 4.79 Å². The number of nitrogens with one attached hydrogen (secondary N) is 1. The molecule has 1 aromatic heterocycles. The molecule has 104 valence electrons. The minimum absolute atomic E-state index is 0.0912. The van der Waals surface area contributed by atoms with Gasteiger partial charge in [-0.2, -0.15) is 0 Å². The lowest BCUT2D eigenvalue weighted by Gasteiger charge is -2.41. The van der Waals surface area contributed by atoms with Crippen molar-refractivity contribution in [1.29, 1.82) is 0 Å². The number of nitrogens with zero attached hydrogens (tertiary/aromatic N) is 1. The Bertz CT molecular complexity index is 442. The van der Waals surface area contributed by atoms with Crippen molar-refractivity contribution in [1.82, 2.24) is 10.3 Å². The molecule has 1 amide bonds. The first-order chi connectivity index (χ1) is 9.15. The Labute approximate surface area is 114 Å². The SMILES string of the molecule is CCOCC1(CNC(=O)c2cccc(C)n2)CCC1. The van der Waals surface area contributed by atoms with Crippen LogP contribution in [0.3, 0.4) is 0 Å². The molecule has 1 saturated carbocycles. The van der Waals surface area contributed by atoms with Crippen LogP contribution in [0.25, 0.3) is 0 Å². The Morgan fingerprint density at radius 3 is 2.84 bits per heavy atom. The van der Waals surface area contributed by atoms with Gasteiger partial charge in [0, 0.05) is 24.3 Å². The Kier molecular flexibility index (Phi) is 4.53. The molecule has 1 aliphatic rings. The predicted molar refractivity (Wildman–Crippen MR) is 74.1 cm³/mol. The molecular formula is C15H22N2O2. The molecule has 1 N–H and O–H groups in total. The molecule has 4 nitrogen and oxygen atoms in total. The molecule has 1 heterocycles. The zero-order valence-electron chi connectivity index (χ0n) is 11.7. The van der Waals surface area contributed by atoms with Crippen LogP contribution in [0.15, 0.2) is 18.2 Å². The minimum atomic E-state index is -0.0912. The average molecular weight is 262 g/mol. The van der Waals surface area contributed by atoms with E-state index in [2.05, 4.69) is 10.3 Å². The molecule has 1 fully saturated rings. The number of amides is 1. The maximum atomic E-state index is 12.0. The van der Waals surface area contributed by atoms with Crippen molar-refractivity contribution in [2.45, 2.75) is 33.1 Å². The van der Waals surface area contributed by atoms with Gasteiger partial charge in [0.2, 0.25) is 0 Å². The van der Waals surface area contributed by atoms with E-state index < -0.39 is 0 Å². The van der Waals surface area contributed by atoms with E-state index >= 15 is 0 Å². The summed E-state index contributed by atoms with van der Waals surface area (Å²) >= 11 is 0. The summed E-state index contributed by atoms with van der Waals surface area (Å²) in [5, 5.41) is 3.00. The maximum Gasteiger partial charge on any atom is 0.269 e. The summed E-state index contributed by atoms with van der Waals surface area (Å²) in [4.78, 5) is 16.3. The Hall–Kier alpha value is -1.42. The number of ether oxygens (including phenoxy) is 1. The van der Waals surface area contributed by atoms with Crippen LogP contribution in [0.5, 0.6) is 0 Å². The zero-order chi connectivity index (χ0) is 13.7. The van der Waals surface area contributed by atoms with Crippen LogP contribution in [0.1, 0.15) is 42.4 Å². The van der Waals surface area contributed by atoms with Crippen LogP contribution in [0, 0.1) is 12.3 Å². The van der Waals surface area contributed by atoms with Crippen LogP contribution in [-0.2, 0) is 4.74 Å². The number of pyridine rings is 1. The molecule has 1 aliphatic carbocycles. The van der Waals surface area contributed by atoms with E-state index in [1.807, 2.05) is 26.0 Å². The van der Waals surface area contributed by atoms with Crippen molar-refractivity contribution in [2.75, 3.05) is 19.8 Å². The summed E-state index contributed by atoms with van der Waals surface area (Å²) < 4.78 is 5.53. The summed E-state index contributed by atoms with van der Waals surface area (Å²) in [5.41, 5.74) is 1.50. The fourth-order valence-corrected chi connectivity index (χ4v) is 2.40. The summed E-state index contributed by atoms with van der Waals surface area (Å²) in [6.45, 7) is 6.04. The number of carbonyl (C=O) groups is 1. The van der Waals surface area contributed by atoms with Gasteiger partial charge in [-0.05, 0) is 38.8 Å². The second-order valence-electron chi connectivity index (χ2n) is 5.34. The summed E-state index contributed by atoms with van der Waals surface area (Å²) in [7, 11) is 0. The van der Waals surface area contributed by atoms with Crippen molar-refractivity contribution < 1.29 is 9.53 Å². The molecule has 1 aromatic rings. The highest BCUT2D eigenvalue weighted by Crippen LogP contribution is 2.40. The van der Waals surface area contributed by atoms with E-state index in [0.29, 0.717) is 12.2 Å². The third-order valence-electron chi connectivity index (χ3n) is 3.77. The lowest BCUT2D eigenvalue weighted by atomic mass is 9.69. The number of hydrogen-bond donors (Lipinski definition) is 1. The average Bonchev–Trinajstić information content (AvgIpc) is 2.37. The molecule has 19 heavy (non-hydrogen) atoms. The van der Waals surface area contributed by atoms with Crippen LogP contribution in [0.4, 0.5) is 0 Å². The molecule has 0 spiro atoms. The second kappa shape index (κ2) is 6.15. The van der Waals surface area contributed by atoms with Crippen molar-refractivity contribution >= 4 is 5.91 Å². The van der Waals surface area contributed by atoms with Crippen LogP contribution in [-0.4, -0.2) is 30.6 Å². The number of aryl methyl sites for hydroxylation is 1. The molecule has 0 unspecified atom stereocenters. The molecule has 0 radical (unpaired) electrons. The summed E-state index contributed by atoms with van der Waals surface area (Å²) in [5.74, 6) is -0.0912. The first-order valence-electron chi connectivity index (χ1n) is 6.95. The third kappa shape index (κ3) is 3.53. The van der Waals surface area contributed by atoms with Gasteiger partial charge in [0.25, 0.3) is 5.91 Å². The van der Waals surface area contributed by atoms with Gasteiger partial charge in [-0.1, -0.05) is 12.5 Å². The Morgan fingerprint density at radius 1 is 1.47 bits per heavy atom. The number of aromatic nitrogens is 1. The summed E-state index contributed by atoms with van der Waals surface area (Å²) in [6.07, 6.45) is 3.49. The fraction of sp³-hybridized carbons (Fsp3) is 0.600. The fourth-order valence-electron chi connectivity index (χ4n) is 2.40. The number of carbonyl (C=O) groups excluding carboxylic acids is 1. The minimum Gasteiger partial charge on any atom is -0.381 e. The monoisotopic (exact) mass is 262 g/mol. The van der Waals surface area contributed by atoms with Gasteiger partial charge >= 0.3 is 0 Å². The first-order valence-corrected chi connectivity index (χ1v) is 6.95. The van der Waals surface area contributed by atoms with E-state index in [0.717, 1.165) is 31.7 Å². The molecule has 0 aromatic carbocycles. The van der Waals surface area contributed by atoms with Crippen molar-refractivity contribution in [3.8, 4) is 0 Å². The molecule has 0 bridgehead atoms. The van der Waals surface area contributed by atoms with Gasteiger partial charge in [0.05, 0.1) is 6.61 Å². The quantitative estimate of drug-likeness (QED) is 0.856. The first kappa shape index (κ1) is 14.0. The normalized spacial score (nSPS) is 16.7. The molecule has 4 heteroatoms. The highest BCUT2D eigenvalue weighted by atomic mass is 16.5. The number of rotatable bonds is 6. The summed E-state index contributed by atoms with van der Waals surface area (Å²) in [6, 6.07) is 5.49. The van der Waals surface area contributed by atoms with E-state index in [-0.39, 0.29) is 11.3 Å². The van der Waals surface area contributed by atoms with Gasteiger partial charge in [-0.15, -0.1) is 0 Å². The van der Waals surface area contributed by atoms with Crippen molar-refractivity contribution in [3.05, 3.63) is 29.6 Å². The Balaban J connectivity index is 1.89. The predicted octanol–water partition coefficient (Wildman–Crippen LogP) is 2.33. The molecule has 0 atom stereocenters. The van der Waals surface area contributed by atoms with Gasteiger partial charge < -0.3 is 10.1 Å². The molecule has 2 rings (SSSR count). The van der Waals surface area contributed by atoms with Crippen LogP contribution >= 0.6 is 0 Å². The Morgan fingerprint density at radius 2 is 2.26 bits per heavy atom. The van der Waals surface area contributed by atoms with Crippen molar-refractivity contribution in [3.63, 3.8) is 0 Å². The smallest absolute Gasteiger partial charge is 0.269 e. The largest absolute Gasteiger partial charge is 0.381 e. The number of hydrogen-bond acceptors (Lipinski definition) is 3. The standard InChI is InChI=1S/C15H22N2O2/c1-3-19-11-15(8-5-9-15)10-16-14(18)13-7-4-6-12(2)17-13/h4,6-7H,3,5,8-11H2,1-2H3,(H,16,18). The topological polar surface area (TPSA) is 51.2 Å². The maximum absolute atomic E-state index is 12.0. The van der Waals surface area contributed by atoms with Crippen LogP contribution < -0.4 is 5.32 Å². The molecule has 0 saturated heterocycles. The molecule has 0 aliphatic heterocycles. The zero-order valence-corrected chi connectivity index (χ0v) is 11.7. The van der Waals surface area contributed by atoms with Gasteiger partial charge in [0.1, 0.15) is 5.69 Å². The van der Waals surface area contributed by atoms with Gasteiger partial charge in [-0.25, -0.2) is 4.98 Å². The van der Waals surface area contributed by atoms with E-state index in [4.69, 9.17) is 4.74 Å². The van der Waals surface area contributed by atoms with Gasteiger partial charge in [-0.3, -0.25) is 4.79 Å². The molecular weight excluding hydrogens is 240 g/mol. The van der Waals surface area contributed by atoms with Gasteiger partial charge in [0.15, 0.2) is 0 Å². The third-order valence-corrected chi connectivity index (χ3v) is 3.77. The van der Waals surface area contributed by atoms with Crippen molar-refractivity contribution in [2.24, 2.45) is 5.41 Å².